The summed E-state index contributed by atoms with van der Waals surface area (Å²) in [5.41, 5.74) is 6.38. The van der Waals surface area contributed by atoms with Crippen LogP contribution in [-0.2, 0) is 11.2 Å². The Labute approximate surface area is 111 Å². The number of rotatable bonds is 3. The molecule has 5 heteroatoms. The number of hydrogen-bond donors (Lipinski definition) is 1. The van der Waals surface area contributed by atoms with Gasteiger partial charge in [0.25, 0.3) is 0 Å². The molecule has 0 saturated heterocycles. The van der Waals surface area contributed by atoms with Gasteiger partial charge in [0.15, 0.2) is 0 Å². The van der Waals surface area contributed by atoms with Crippen molar-refractivity contribution in [2.24, 2.45) is 0 Å². The van der Waals surface area contributed by atoms with Crippen LogP contribution in [-0.4, -0.2) is 10.2 Å². The molecule has 0 fully saturated rings. The predicted molar refractivity (Wildman–Crippen MR) is 73.4 cm³/mol. The van der Waals surface area contributed by atoms with Crippen molar-refractivity contribution in [2.75, 3.05) is 5.73 Å². The number of benzene rings is 1. The van der Waals surface area contributed by atoms with E-state index in [-0.39, 0.29) is 5.41 Å². The Morgan fingerprint density at radius 1 is 1.28 bits per heavy atom. The Hall–Kier alpha value is -1.49. The van der Waals surface area contributed by atoms with Gasteiger partial charge in [-0.25, -0.2) is 0 Å². The third kappa shape index (κ3) is 3.26. The van der Waals surface area contributed by atoms with Gasteiger partial charge >= 0.3 is 0 Å². The van der Waals surface area contributed by atoms with Gasteiger partial charge in [-0.05, 0) is 18.2 Å². The van der Waals surface area contributed by atoms with Gasteiger partial charge in [-0.3, -0.25) is 0 Å². The molecule has 96 valence electrons. The second kappa shape index (κ2) is 5.02. The SMILES string of the molecule is CC(C)(C)c1nnc(CSc2cccc(N)c2)o1. The smallest absolute Gasteiger partial charge is 0.226 e. The Balaban J connectivity index is 2.01. The van der Waals surface area contributed by atoms with Gasteiger partial charge in [-0.2, -0.15) is 0 Å². The van der Waals surface area contributed by atoms with Gasteiger partial charge in [-0.1, -0.05) is 26.8 Å². The standard InChI is InChI=1S/C13H17N3OS/c1-13(2,3)12-16-15-11(17-12)8-18-10-6-4-5-9(14)7-10/h4-7H,8,14H2,1-3H3. The summed E-state index contributed by atoms with van der Waals surface area (Å²) in [5, 5.41) is 8.11. The van der Waals surface area contributed by atoms with E-state index in [9.17, 15) is 0 Å². The summed E-state index contributed by atoms with van der Waals surface area (Å²) >= 11 is 1.64. The van der Waals surface area contributed by atoms with E-state index in [0.717, 1.165) is 10.6 Å². The summed E-state index contributed by atoms with van der Waals surface area (Å²) in [6, 6.07) is 7.76. The van der Waals surface area contributed by atoms with Gasteiger partial charge in [-0.15, -0.1) is 22.0 Å². The molecule has 1 heterocycles. The van der Waals surface area contributed by atoms with Crippen LogP contribution in [0.25, 0.3) is 0 Å². The van der Waals surface area contributed by atoms with Crippen molar-refractivity contribution in [3.05, 3.63) is 36.0 Å². The van der Waals surface area contributed by atoms with Crippen molar-refractivity contribution in [2.45, 2.75) is 36.8 Å². The number of hydrogen-bond acceptors (Lipinski definition) is 5. The average Bonchev–Trinajstić information content (AvgIpc) is 2.74. The first kappa shape index (κ1) is 13.0. The molecule has 2 rings (SSSR count). The van der Waals surface area contributed by atoms with Crippen LogP contribution in [0.2, 0.25) is 0 Å². The maximum absolute atomic E-state index is 5.72. The molecule has 2 aromatic rings. The van der Waals surface area contributed by atoms with Gasteiger partial charge in [0, 0.05) is 16.0 Å². The molecular weight excluding hydrogens is 246 g/mol. The highest BCUT2D eigenvalue weighted by atomic mass is 32.2. The second-order valence-corrected chi connectivity index (χ2v) is 6.16. The van der Waals surface area contributed by atoms with Crippen molar-refractivity contribution < 1.29 is 4.42 Å². The predicted octanol–water partition coefficient (Wildman–Crippen LogP) is 3.24. The minimum absolute atomic E-state index is 0.104. The molecule has 4 nitrogen and oxygen atoms in total. The number of thioether (sulfide) groups is 1. The van der Waals surface area contributed by atoms with Gasteiger partial charge in [0.05, 0.1) is 5.75 Å². The van der Waals surface area contributed by atoms with Crippen LogP contribution >= 0.6 is 11.8 Å². The molecule has 0 spiro atoms. The second-order valence-electron chi connectivity index (χ2n) is 5.11. The lowest BCUT2D eigenvalue weighted by molar-refractivity contribution is 0.378. The number of anilines is 1. The van der Waals surface area contributed by atoms with Crippen molar-refractivity contribution in [1.82, 2.24) is 10.2 Å². The normalized spacial score (nSPS) is 11.7. The van der Waals surface area contributed by atoms with Crippen LogP contribution in [0.15, 0.2) is 33.6 Å². The highest BCUT2D eigenvalue weighted by Crippen LogP contribution is 2.26. The van der Waals surface area contributed by atoms with Crippen LogP contribution < -0.4 is 5.73 Å². The van der Waals surface area contributed by atoms with Gasteiger partial charge < -0.3 is 10.2 Å². The maximum Gasteiger partial charge on any atom is 0.226 e. The average molecular weight is 263 g/mol. The Morgan fingerprint density at radius 3 is 2.67 bits per heavy atom. The van der Waals surface area contributed by atoms with E-state index < -0.39 is 0 Å². The summed E-state index contributed by atoms with van der Waals surface area (Å²) in [4.78, 5) is 1.10. The third-order valence-corrected chi connectivity index (χ3v) is 3.31. The van der Waals surface area contributed by atoms with E-state index in [2.05, 4.69) is 31.0 Å². The molecule has 0 radical (unpaired) electrons. The number of aromatic nitrogens is 2. The molecule has 0 aliphatic rings. The fourth-order valence-corrected chi connectivity index (χ4v) is 2.17. The van der Waals surface area contributed by atoms with Gasteiger partial charge in [0.2, 0.25) is 11.8 Å². The molecule has 2 N–H and O–H groups in total. The summed E-state index contributed by atoms with van der Waals surface area (Å²) in [6.07, 6.45) is 0. The third-order valence-electron chi connectivity index (χ3n) is 2.33. The largest absolute Gasteiger partial charge is 0.424 e. The van der Waals surface area contributed by atoms with E-state index >= 15 is 0 Å². The van der Waals surface area contributed by atoms with Crippen LogP contribution in [0, 0.1) is 0 Å². The lowest BCUT2D eigenvalue weighted by Crippen LogP contribution is -2.11. The zero-order chi connectivity index (χ0) is 13.2. The van der Waals surface area contributed by atoms with Crippen molar-refractivity contribution in [3.8, 4) is 0 Å². The fourth-order valence-electron chi connectivity index (χ4n) is 1.36. The molecule has 0 saturated carbocycles. The minimum Gasteiger partial charge on any atom is -0.424 e. The van der Waals surface area contributed by atoms with Gasteiger partial charge in [0.1, 0.15) is 0 Å². The highest BCUT2D eigenvalue weighted by molar-refractivity contribution is 7.98. The van der Waals surface area contributed by atoms with Crippen LogP contribution in [0.4, 0.5) is 5.69 Å². The van der Waals surface area contributed by atoms with E-state index in [0.29, 0.717) is 17.5 Å². The summed E-state index contributed by atoms with van der Waals surface area (Å²) in [6.45, 7) is 6.15. The zero-order valence-corrected chi connectivity index (χ0v) is 11.6. The summed E-state index contributed by atoms with van der Waals surface area (Å²) in [5.74, 6) is 1.98. The van der Waals surface area contributed by atoms with Crippen molar-refractivity contribution >= 4 is 17.4 Å². The molecule has 0 bridgehead atoms. The Bertz CT molecular complexity index is 531. The lowest BCUT2D eigenvalue weighted by atomic mass is 9.97. The molecule has 0 atom stereocenters. The molecule has 1 aromatic carbocycles. The first-order valence-corrected chi connectivity index (χ1v) is 6.75. The van der Waals surface area contributed by atoms with Crippen molar-refractivity contribution in [1.29, 1.82) is 0 Å². The molecule has 0 aliphatic heterocycles. The Kier molecular flexibility index (Phi) is 3.61. The van der Waals surface area contributed by atoms with Crippen LogP contribution in [0.3, 0.4) is 0 Å². The van der Waals surface area contributed by atoms with E-state index in [1.165, 1.54) is 0 Å². The topological polar surface area (TPSA) is 64.9 Å². The van der Waals surface area contributed by atoms with E-state index in [1.807, 2.05) is 24.3 Å². The molecular formula is C13H17N3OS. The fraction of sp³-hybridized carbons (Fsp3) is 0.385. The van der Waals surface area contributed by atoms with Crippen LogP contribution in [0.1, 0.15) is 32.6 Å². The zero-order valence-electron chi connectivity index (χ0n) is 10.8. The summed E-state index contributed by atoms with van der Waals surface area (Å²) < 4.78 is 5.63. The molecule has 0 unspecified atom stereocenters. The molecule has 0 aliphatic carbocycles. The number of nitrogens with two attached hydrogens (primary N) is 1. The molecule has 1 aromatic heterocycles. The minimum atomic E-state index is -0.104. The number of nitrogens with zero attached hydrogens (tertiary/aromatic N) is 2. The van der Waals surface area contributed by atoms with Crippen molar-refractivity contribution in [3.63, 3.8) is 0 Å². The van der Waals surface area contributed by atoms with E-state index in [1.54, 1.807) is 11.8 Å². The first-order chi connectivity index (χ1) is 8.45. The highest BCUT2D eigenvalue weighted by Gasteiger charge is 2.21. The first-order valence-electron chi connectivity index (χ1n) is 5.76. The lowest BCUT2D eigenvalue weighted by Gasteiger charge is -2.10. The Morgan fingerprint density at radius 2 is 2.06 bits per heavy atom. The van der Waals surface area contributed by atoms with Crippen LogP contribution in [0.5, 0.6) is 0 Å². The maximum atomic E-state index is 5.72. The summed E-state index contributed by atoms with van der Waals surface area (Å²) in [7, 11) is 0. The molecule has 18 heavy (non-hydrogen) atoms. The monoisotopic (exact) mass is 263 g/mol. The molecule has 0 amide bonds. The number of nitrogen functional groups attached to an aromatic ring is 1. The van der Waals surface area contributed by atoms with E-state index in [4.69, 9.17) is 10.2 Å². The quantitative estimate of drug-likeness (QED) is 0.680.